The number of carbonyl (C=O) groups excluding carboxylic acids is 2. The van der Waals surface area contributed by atoms with Gasteiger partial charge in [-0.25, -0.2) is 0 Å². The molecule has 0 aliphatic carbocycles. The lowest BCUT2D eigenvalue weighted by atomic mass is 10.3. The largest absolute Gasteiger partial charge is 0.354 e. The van der Waals surface area contributed by atoms with Crippen molar-refractivity contribution in [3.05, 3.63) is 0 Å². The number of hydrogen-bond acceptors (Lipinski definition) is 2. The zero-order valence-corrected chi connectivity index (χ0v) is 7.30. The molecule has 0 atom stereocenters. The summed E-state index contributed by atoms with van der Waals surface area (Å²) in [5.41, 5.74) is 0. The Morgan fingerprint density at radius 3 is 3.00 bits per heavy atom. The van der Waals surface area contributed by atoms with Crippen molar-refractivity contribution >= 4 is 11.8 Å². The van der Waals surface area contributed by atoms with E-state index in [1.807, 2.05) is 6.92 Å². The van der Waals surface area contributed by atoms with Gasteiger partial charge in [0.15, 0.2) is 0 Å². The Hall–Kier alpha value is -1.06. The molecule has 0 saturated carbocycles. The van der Waals surface area contributed by atoms with Gasteiger partial charge < -0.3 is 10.2 Å². The first kappa shape index (κ1) is 9.03. The summed E-state index contributed by atoms with van der Waals surface area (Å²) in [6.45, 7) is 3.64. The molecule has 0 aromatic heterocycles. The highest BCUT2D eigenvalue weighted by molar-refractivity contribution is 5.79. The summed E-state index contributed by atoms with van der Waals surface area (Å²) in [6, 6.07) is 0. The molecule has 1 aliphatic heterocycles. The van der Waals surface area contributed by atoms with Gasteiger partial charge in [-0.1, -0.05) is 6.92 Å². The zero-order chi connectivity index (χ0) is 8.97. The van der Waals surface area contributed by atoms with Gasteiger partial charge in [0.05, 0.1) is 0 Å². The maximum atomic E-state index is 11.2. The van der Waals surface area contributed by atoms with Gasteiger partial charge in [-0.05, 0) is 0 Å². The van der Waals surface area contributed by atoms with E-state index in [9.17, 15) is 9.59 Å². The van der Waals surface area contributed by atoms with E-state index in [2.05, 4.69) is 5.32 Å². The third kappa shape index (κ3) is 2.22. The van der Waals surface area contributed by atoms with Crippen molar-refractivity contribution in [3.63, 3.8) is 0 Å². The summed E-state index contributed by atoms with van der Waals surface area (Å²) in [4.78, 5) is 23.8. The SMILES string of the molecule is CCC(=O)N1CCNC(=O)CC1. The summed E-state index contributed by atoms with van der Waals surface area (Å²) >= 11 is 0. The van der Waals surface area contributed by atoms with Crippen LogP contribution in [-0.2, 0) is 9.59 Å². The fourth-order valence-corrected chi connectivity index (χ4v) is 1.24. The first-order chi connectivity index (χ1) is 5.74. The summed E-state index contributed by atoms with van der Waals surface area (Å²) in [5.74, 6) is 0.174. The van der Waals surface area contributed by atoms with E-state index >= 15 is 0 Å². The number of amides is 2. The molecule has 1 heterocycles. The van der Waals surface area contributed by atoms with Crippen LogP contribution in [-0.4, -0.2) is 36.3 Å². The van der Waals surface area contributed by atoms with Gasteiger partial charge in [0, 0.05) is 32.5 Å². The van der Waals surface area contributed by atoms with Crippen molar-refractivity contribution in [1.29, 1.82) is 0 Å². The minimum Gasteiger partial charge on any atom is -0.354 e. The molecule has 4 heteroatoms. The summed E-state index contributed by atoms with van der Waals surface area (Å²) in [7, 11) is 0. The van der Waals surface area contributed by atoms with Crippen LogP contribution in [0, 0.1) is 0 Å². The minimum absolute atomic E-state index is 0.0430. The van der Waals surface area contributed by atoms with Crippen LogP contribution >= 0.6 is 0 Å². The van der Waals surface area contributed by atoms with E-state index in [0.29, 0.717) is 32.5 Å². The Morgan fingerprint density at radius 2 is 2.33 bits per heavy atom. The van der Waals surface area contributed by atoms with Crippen LogP contribution in [0.15, 0.2) is 0 Å². The average molecular weight is 170 g/mol. The minimum atomic E-state index is 0.0430. The van der Waals surface area contributed by atoms with E-state index in [1.54, 1.807) is 4.90 Å². The smallest absolute Gasteiger partial charge is 0.222 e. The van der Waals surface area contributed by atoms with Crippen LogP contribution in [0.5, 0.6) is 0 Å². The molecule has 1 N–H and O–H groups in total. The van der Waals surface area contributed by atoms with Gasteiger partial charge in [0.1, 0.15) is 0 Å². The lowest BCUT2D eigenvalue weighted by Gasteiger charge is -2.18. The molecule has 1 saturated heterocycles. The fraction of sp³-hybridized carbons (Fsp3) is 0.750. The number of carbonyl (C=O) groups is 2. The number of hydrogen-bond donors (Lipinski definition) is 1. The Kier molecular flexibility index (Phi) is 3.08. The number of rotatable bonds is 1. The van der Waals surface area contributed by atoms with E-state index in [0.717, 1.165) is 0 Å². The normalized spacial score (nSPS) is 18.4. The molecule has 4 nitrogen and oxygen atoms in total. The average Bonchev–Trinajstić information content (AvgIpc) is 2.29. The van der Waals surface area contributed by atoms with Gasteiger partial charge in [-0.15, -0.1) is 0 Å². The lowest BCUT2D eigenvalue weighted by molar-refractivity contribution is -0.130. The highest BCUT2D eigenvalue weighted by Gasteiger charge is 2.16. The molecule has 2 amide bonds. The first-order valence-corrected chi connectivity index (χ1v) is 4.28. The van der Waals surface area contributed by atoms with Gasteiger partial charge in [0.25, 0.3) is 0 Å². The summed E-state index contributed by atoms with van der Waals surface area (Å²) in [6.07, 6.45) is 0.958. The van der Waals surface area contributed by atoms with E-state index in [1.165, 1.54) is 0 Å². The Balaban J connectivity index is 2.45. The fourth-order valence-electron chi connectivity index (χ4n) is 1.24. The van der Waals surface area contributed by atoms with Gasteiger partial charge >= 0.3 is 0 Å². The molecular formula is C8H14N2O2. The van der Waals surface area contributed by atoms with Crippen molar-refractivity contribution in [3.8, 4) is 0 Å². The molecule has 0 unspecified atom stereocenters. The third-order valence-electron chi connectivity index (χ3n) is 1.97. The van der Waals surface area contributed by atoms with Crippen molar-refractivity contribution in [1.82, 2.24) is 10.2 Å². The highest BCUT2D eigenvalue weighted by Crippen LogP contribution is 1.98. The summed E-state index contributed by atoms with van der Waals surface area (Å²) in [5, 5.41) is 2.72. The van der Waals surface area contributed by atoms with Crippen LogP contribution in [0.3, 0.4) is 0 Å². The van der Waals surface area contributed by atoms with E-state index in [4.69, 9.17) is 0 Å². The van der Waals surface area contributed by atoms with Crippen molar-refractivity contribution < 1.29 is 9.59 Å². The molecule has 68 valence electrons. The molecule has 1 rings (SSSR count). The summed E-state index contributed by atoms with van der Waals surface area (Å²) < 4.78 is 0. The van der Waals surface area contributed by atoms with Crippen LogP contribution in [0.2, 0.25) is 0 Å². The van der Waals surface area contributed by atoms with Gasteiger partial charge in [0.2, 0.25) is 11.8 Å². The highest BCUT2D eigenvalue weighted by atomic mass is 16.2. The molecule has 1 aliphatic rings. The van der Waals surface area contributed by atoms with Gasteiger partial charge in [-0.3, -0.25) is 9.59 Å². The molecule has 1 fully saturated rings. The maximum Gasteiger partial charge on any atom is 0.222 e. The lowest BCUT2D eigenvalue weighted by Crippen LogP contribution is -2.33. The molecule has 0 radical (unpaired) electrons. The molecule has 0 spiro atoms. The molecule has 12 heavy (non-hydrogen) atoms. The third-order valence-corrected chi connectivity index (χ3v) is 1.97. The van der Waals surface area contributed by atoms with Crippen molar-refractivity contribution in [2.75, 3.05) is 19.6 Å². The van der Waals surface area contributed by atoms with Crippen molar-refractivity contribution in [2.45, 2.75) is 19.8 Å². The zero-order valence-electron chi connectivity index (χ0n) is 7.30. The second-order valence-electron chi connectivity index (χ2n) is 2.83. The standard InChI is InChI=1S/C8H14N2O2/c1-2-8(12)10-5-3-7(11)9-4-6-10/h2-6H2,1H3,(H,9,11). The van der Waals surface area contributed by atoms with Crippen LogP contribution < -0.4 is 5.32 Å². The monoisotopic (exact) mass is 170 g/mol. The quantitative estimate of drug-likeness (QED) is 0.589. The molecule has 0 aromatic rings. The molecular weight excluding hydrogens is 156 g/mol. The first-order valence-electron chi connectivity index (χ1n) is 4.28. The van der Waals surface area contributed by atoms with E-state index < -0.39 is 0 Å². The van der Waals surface area contributed by atoms with Crippen LogP contribution in [0.25, 0.3) is 0 Å². The maximum absolute atomic E-state index is 11.2. The van der Waals surface area contributed by atoms with Crippen molar-refractivity contribution in [2.24, 2.45) is 0 Å². The second-order valence-corrected chi connectivity index (χ2v) is 2.83. The van der Waals surface area contributed by atoms with Crippen LogP contribution in [0.4, 0.5) is 0 Å². The molecule has 0 bridgehead atoms. The number of nitrogens with zero attached hydrogens (tertiary/aromatic N) is 1. The second kappa shape index (κ2) is 4.09. The topological polar surface area (TPSA) is 49.4 Å². The predicted octanol–water partition coefficient (Wildman–Crippen LogP) is -0.255. The Labute approximate surface area is 71.9 Å². The van der Waals surface area contributed by atoms with Gasteiger partial charge in [-0.2, -0.15) is 0 Å². The van der Waals surface area contributed by atoms with E-state index in [-0.39, 0.29) is 11.8 Å². The number of nitrogens with one attached hydrogen (secondary N) is 1. The molecule has 0 aromatic carbocycles. The predicted molar refractivity (Wildman–Crippen MR) is 44.5 cm³/mol. The Morgan fingerprint density at radius 1 is 1.58 bits per heavy atom. The van der Waals surface area contributed by atoms with Crippen LogP contribution in [0.1, 0.15) is 19.8 Å². The Bertz CT molecular complexity index is 191.